The first-order chi connectivity index (χ1) is 17.8. The van der Waals surface area contributed by atoms with Crippen molar-refractivity contribution >= 4 is 17.0 Å². The summed E-state index contributed by atoms with van der Waals surface area (Å²) in [6, 6.07) is 21.2. The normalized spacial score (nSPS) is 17.8. The van der Waals surface area contributed by atoms with Crippen LogP contribution in [0.1, 0.15) is 41.9 Å². The Morgan fingerprint density at radius 1 is 1.03 bits per heavy atom. The Bertz CT molecular complexity index is 1210. The van der Waals surface area contributed by atoms with Crippen LogP contribution in [0.2, 0.25) is 0 Å². The van der Waals surface area contributed by atoms with Crippen molar-refractivity contribution in [1.29, 1.82) is 0 Å². The molecule has 3 heterocycles. The molecule has 5 rings (SSSR count). The van der Waals surface area contributed by atoms with Gasteiger partial charge in [0.25, 0.3) is 0 Å². The van der Waals surface area contributed by atoms with Crippen molar-refractivity contribution < 1.29 is 9.47 Å². The van der Waals surface area contributed by atoms with Crippen molar-refractivity contribution in [3.63, 3.8) is 0 Å². The molecular weight excluding hydrogens is 452 g/mol. The number of nitrogens with zero attached hydrogens (tertiary/aromatic N) is 4. The zero-order valence-corrected chi connectivity index (χ0v) is 20.9. The lowest BCUT2D eigenvalue weighted by Crippen LogP contribution is -2.18. The summed E-state index contributed by atoms with van der Waals surface area (Å²) >= 11 is 0. The summed E-state index contributed by atoms with van der Waals surface area (Å²) in [5, 5.41) is 6.83. The van der Waals surface area contributed by atoms with E-state index >= 15 is 0 Å². The van der Waals surface area contributed by atoms with Crippen LogP contribution in [0.3, 0.4) is 0 Å². The van der Waals surface area contributed by atoms with Gasteiger partial charge in [-0.2, -0.15) is 0 Å². The second-order valence-electron chi connectivity index (χ2n) is 9.17. The highest BCUT2D eigenvalue weighted by Crippen LogP contribution is 2.32. The van der Waals surface area contributed by atoms with Gasteiger partial charge in [-0.15, -0.1) is 0 Å². The smallest absolute Gasteiger partial charge is 0.167 e. The van der Waals surface area contributed by atoms with Gasteiger partial charge in [-0.25, -0.2) is 15.0 Å². The molecule has 1 aliphatic rings. The molecule has 2 aromatic carbocycles. The summed E-state index contributed by atoms with van der Waals surface area (Å²) in [6.07, 6.45) is 4.41. The van der Waals surface area contributed by atoms with E-state index in [1.54, 1.807) is 7.11 Å². The fourth-order valence-electron chi connectivity index (χ4n) is 4.84. The highest BCUT2D eigenvalue weighted by molar-refractivity contribution is 5.83. The zero-order valence-electron chi connectivity index (χ0n) is 20.9. The SMILES string of the molecule is CNCCc1nc(NCC(c2ccccc2)c2ccccc2)c2ncn(C3CCC(COC)O3)c2n1. The number of anilines is 1. The van der Waals surface area contributed by atoms with Gasteiger partial charge >= 0.3 is 0 Å². The summed E-state index contributed by atoms with van der Waals surface area (Å²) < 4.78 is 13.6. The van der Waals surface area contributed by atoms with Crippen LogP contribution in [0.25, 0.3) is 11.2 Å². The number of ether oxygens (including phenoxy) is 2. The second-order valence-corrected chi connectivity index (χ2v) is 9.17. The van der Waals surface area contributed by atoms with Crippen molar-refractivity contribution in [2.75, 3.05) is 39.2 Å². The van der Waals surface area contributed by atoms with Crippen LogP contribution in [0.5, 0.6) is 0 Å². The highest BCUT2D eigenvalue weighted by Gasteiger charge is 2.29. The Kier molecular flexibility index (Phi) is 7.85. The third-order valence-electron chi connectivity index (χ3n) is 6.69. The number of imidazole rings is 1. The number of hydrogen-bond acceptors (Lipinski definition) is 7. The molecule has 0 bridgehead atoms. The van der Waals surface area contributed by atoms with E-state index in [0.717, 1.165) is 48.6 Å². The number of rotatable bonds is 11. The van der Waals surface area contributed by atoms with E-state index in [0.29, 0.717) is 13.2 Å². The molecule has 188 valence electrons. The van der Waals surface area contributed by atoms with Gasteiger partial charge in [0.05, 0.1) is 19.0 Å². The van der Waals surface area contributed by atoms with Gasteiger partial charge in [0.2, 0.25) is 0 Å². The lowest BCUT2D eigenvalue weighted by atomic mass is 9.91. The van der Waals surface area contributed by atoms with Gasteiger partial charge in [0.15, 0.2) is 17.0 Å². The molecule has 0 amide bonds. The molecule has 2 N–H and O–H groups in total. The first-order valence-corrected chi connectivity index (χ1v) is 12.6. The molecule has 1 aliphatic heterocycles. The van der Waals surface area contributed by atoms with Gasteiger partial charge in [-0.3, -0.25) is 4.57 Å². The minimum Gasteiger partial charge on any atom is -0.382 e. The minimum absolute atomic E-state index is 0.0955. The predicted octanol–water partition coefficient (Wildman–Crippen LogP) is 4.16. The van der Waals surface area contributed by atoms with Crippen molar-refractivity contribution in [2.45, 2.75) is 37.5 Å². The van der Waals surface area contributed by atoms with Crippen molar-refractivity contribution in [3.05, 3.63) is 83.9 Å². The first-order valence-electron chi connectivity index (χ1n) is 12.6. The summed E-state index contributed by atoms with van der Waals surface area (Å²) in [5.41, 5.74) is 4.08. The third-order valence-corrected chi connectivity index (χ3v) is 6.69. The van der Waals surface area contributed by atoms with E-state index in [-0.39, 0.29) is 18.2 Å². The number of fused-ring (bicyclic) bond motifs is 1. The van der Waals surface area contributed by atoms with E-state index in [1.807, 2.05) is 17.9 Å². The average molecular weight is 487 g/mol. The fraction of sp³-hybridized carbons (Fsp3) is 0.393. The monoisotopic (exact) mass is 486 g/mol. The lowest BCUT2D eigenvalue weighted by Gasteiger charge is -2.20. The van der Waals surface area contributed by atoms with E-state index in [2.05, 4.69) is 71.3 Å². The Hall–Kier alpha value is -3.33. The molecule has 8 nitrogen and oxygen atoms in total. The first kappa shape index (κ1) is 24.4. The Balaban J connectivity index is 1.46. The molecule has 2 atom stereocenters. The third kappa shape index (κ3) is 5.41. The topological polar surface area (TPSA) is 86.1 Å². The van der Waals surface area contributed by atoms with Crippen LogP contribution in [-0.4, -0.2) is 59.5 Å². The molecular formula is C28H34N6O2. The number of hydrogen-bond donors (Lipinski definition) is 2. The summed E-state index contributed by atoms with van der Waals surface area (Å²) in [7, 11) is 3.65. The molecule has 2 unspecified atom stereocenters. The van der Waals surface area contributed by atoms with Gasteiger partial charge in [-0.1, -0.05) is 60.7 Å². The summed E-state index contributed by atoms with van der Waals surface area (Å²) in [6.45, 7) is 2.08. The van der Waals surface area contributed by atoms with Crippen LogP contribution >= 0.6 is 0 Å². The van der Waals surface area contributed by atoms with Crippen LogP contribution in [0.15, 0.2) is 67.0 Å². The van der Waals surface area contributed by atoms with E-state index < -0.39 is 0 Å². The molecule has 4 aromatic rings. The average Bonchev–Trinajstić information content (AvgIpc) is 3.56. The number of likely N-dealkylation sites (N-methyl/N-ethyl adjacent to an activating group) is 1. The molecule has 1 fully saturated rings. The molecule has 36 heavy (non-hydrogen) atoms. The van der Waals surface area contributed by atoms with Crippen LogP contribution in [0, 0.1) is 0 Å². The van der Waals surface area contributed by atoms with Crippen LogP contribution in [-0.2, 0) is 15.9 Å². The molecule has 0 aliphatic carbocycles. The number of aromatic nitrogens is 4. The van der Waals surface area contributed by atoms with Crippen LogP contribution in [0.4, 0.5) is 5.82 Å². The quantitative estimate of drug-likeness (QED) is 0.329. The van der Waals surface area contributed by atoms with E-state index in [9.17, 15) is 0 Å². The highest BCUT2D eigenvalue weighted by atomic mass is 16.5. The van der Waals surface area contributed by atoms with Crippen molar-refractivity contribution in [2.24, 2.45) is 0 Å². The molecule has 8 heteroatoms. The molecule has 1 saturated heterocycles. The molecule has 2 aromatic heterocycles. The fourth-order valence-corrected chi connectivity index (χ4v) is 4.84. The standard InChI is InChI=1S/C28H34N6O2/c1-29-16-15-24-32-27(26-28(33-24)34(19-31-26)25-14-13-22(36-25)18-35-2)30-17-23(20-9-5-3-6-10-20)21-11-7-4-8-12-21/h3-12,19,22-23,25,29H,13-18H2,1-2H3,(H,30,32,33). The van der Waals surface area contributed by atoms with Crippen LogP contribution < -0.4 is 10.6 Å². The van der Waals surface area contributed by atoms with E-state index in [1.165, 1.54) is 11.1 Å². The van der Waals surface area contributed by atoms with Gasteiger partial charge in [-0.05, 0) is 31.0 Å². The van der Waals surface area contributed by atoms with E-state index in [4.69, 9.17) is 24.4 Å². The summed E-state index contributed by atoms with van der Waals surface area (Å²) in [5.74, 6) is 1.71. The maximum absolute atomic E-state index is 6.23. The Morgan fingerprint density at radius 3 is 2.42 bits per heavy atom. The van der Waals surface area contributed by atoms with Crippen molar-refractivity contribution in [1.82, 2.24) is 24.8 Å². The Morgan fingerprint density at radius 2 is 1.75 bits per heavy atom. The predicted molar refractivity (Wildman–Crippen MR) is 141 cm³/mol. The minimum atomic E-state index is -0.101. The molecule has 0 saturated carbocycles. The van der Waals surface area contributed by atoms with Gasteiger partial charge in [0, 0.05) is 32.5 Å². The van der Waals surface area contributed by atoms with Gasteiger partial charge < -0.3 is 20.1 Å². The summed E-state index contributed by atoms with van der Waals surface area (Å²) in [4.78, 5) is 14.5. The zero-order chi connectivity index (χ0) is 24.7. The second kappa shape index (κ2) is 11.6. The maximum atomic E-state index is 6.23. The molecule has 0 radical (unpaired) electrons. The number of benzene rings is 2. The van der Waals surface area contributed by atoms with Gasteiger partial charge in [0.1, 0.15) is 12.1 Å². The maximum Gasteiger partial charge on any atom is 0.167 e. The number of nitrogens with one attached hydrogen (secondary N) is 2. The number of methoxy groups -OCH3 is 1. The van der Waals surface area contributed by atoms with Crippen molar-refractivity contribution in [3.8, 4) is 0 Å². The molecule has 0 spiro atoms. The lowest BCUT2D eigenvalue weighted by molar-refractivity contribution is -0.0300. The Labute approximate surface area is 212 Å². The largest absolute Gasteiger partial charge is 0.382 e.